The van der Waals surface area contributed by atoms with Crippen LogP contribution in [0.1, 0.15) is 63.1 Å². The summed E-state index contributed by atoms with van der Waals surface area (Å²) in [7, 11) is 0. The highest BCUT2D eigenvalue weighted by atomic mass is 16.5. The van der Waals surface area contributed by atoms with Crippen LogP contribution in [0.25, 0.3) is 0 Å². The molecule has 2 aliphatic rings. The first-order valence-electron chi connectivity index (χ1n) is 8.81. The fourth-order valence-electron chi connectivity index (χ4n) is 3.04. The Morgan fingerprint density at radius 2 is 2.35 bits per heavy atom. The van der Waals surface area contributed by atoms with E-state index < -0.39 is 0 Å². The Morgan fingerprint density at radius 1 is 1.48 bits per heavy atom. The number of amides is 2. The van der Waals surface area contributed by atoms with Gasteiger partial charge in [-0.2, -0.15) is 4.98 Å². The molecule has 0 aromatic carbocycles. The summed E-state index contributed by atoms with van der Waals surface area (Å²) < 4.78 is 5.29. The van der Waals surface area contributed by atoms with Gasteiger partial charge < -0.3 is 14.7 Å². The molecule has 1 aromatic rings. The third-order valence-electron chi connectivity index (χ3n) is 4.74. The Kier molecular flexibility index (Phi) is 5.31. The van der Waals surface area contributed by atoms with Gasteiger partial charge in [-0.15, -0.1) is 0 Å². The summed E-state index contributed by atoms with van der Waals surface area (Å²) in [6.07, 6.45) is 11.7. The summed E-state index contributed by atoms with van der Waals surface area (Å²) in [6, 6.07) is 0.240. The minimum absolute atomic E-state index is 0.00110. The van der Waals surface area contributed by atoms with Crippen LogP contribution in [0.4, 0.5) is 4.79 Å². The molecule has 0 spiro atoms. The fraction of sp³-hybridized carbons (Fsp3) is 0.706. The molecule has 23 heavy (non-hydrogen) atoms. The molecular weight excluding hydrogens is 292 g/mol. The van der Waals surface area contributed by atoms with Gasteiger partial charge in [-0.1, -0.05) is 43.5 Å². The molecule has 0 radical (unpaired) electrons. The van der Waals surface area contributed by atoms with E-state index in [0.717, 1.165) is 38.0 Å². The monoisotopic (exact) mass is 318 g/mol. The molecule has 126 valence electrons. The molecule has 1 aliphatic carbocycles. The van der Waals surface area contributed by atoms with Crippen LogP contribution in [0.2, 0.25) is 0 Å². The Balaban J connectivity index is 1.41. The number of hydrogen-bond donors (Lipinski definition) is 1. The quantitative estimate of drug-likeness (QED) is 0.784. The van der Waals surface area contributed by atoms with Crippen molar-refractivity contribution in [2.24, 2.45) is 0 Å². The highest BCUT2D eigenvalue weighted by Gasteiger charge is 2.26. The van der Waals surface area contributed by atoms with Crippen LogP contribution in [-0.4, -0.2) is 40.2 Å². The average molecular weight is 318 g/mol. The van der Waals surface area contributed by atoms with E-state index in [0.29, 0.717) is 31.3 Å². The standard InChI is InChI=1S/C17H26N4O2/c1-2-3-8-14-9-5-12-21(14)17(22)18-11-10-15-19-16(23-20-15)13-6-4-7-13/h5,9,13-14H,2-4,6-8,10-12H2,1H3,(H,18,22)/t14-/m1/s1. The number of aromatic nitrogens is 2. The lowest BCUT2D eigenvalue weighted by molar-refractivity contribution is 0.194. The maximum absolute atomic E-state index is 12.3. The number of rotatable bonds is 7. The molecule has 1 aromatic heterocycles. The van der Waals surface area contributed by atoms with E-state index in [4.69, 9.17) is 4.52 Å². The first-order chi connectivity index (χ1) is 11.3. The molecule has 6 nitrogen and oxygen atoms in total. The van der Waals surface area contributed by atoms with Gasteiger partial charge in [0, 0.05) is 25.4 Å². The summed E-state index contributed by atoms with van der Waals surface area (Å²) in [5.41, 5.74) is 0. The third kappa shape index (κ3) is 3.92. The third-order valence-corrected chi connectivity index (χ3v) is 4.74. The van der Waals surface area contributed by atoms with Crippen molar-refractivity contribution in [3.63, 3.8) is 0 Å². The second-order valence-corrected chi connectivity index (χ2v) is 6.45. The average Bonchev–Trinajstić information content (AvgIpc) is 3.12. The van der Waals surface area contributed by atoms with Gasteiger partial charge >= 0.3 is 6.03 Å². The van der Waals surface area contributed by atoms with Crippen LogP contribution in [-0.2, 0) is 6.42 Å². The normalized spacial score (nSPS) is 20.7. The predicted octanol–water partition coefficient (Wildman–Crippen LogP) is 3.02. The van der Waals surface area contributed by atoms with Crippen molar-refractivity contribution in [1.82, 2.24) is 20.4 Å². The maximum Gasteiger partial charge on any atom is 0.318 e. The zero-order valence-electron chi connectivity index (χ0n) is 13.8. The lowest BCUT2D eigenvalue weighted by Crippen LogP contribution is -2.43. The van der Waals surface area contributed by atoms with Crippen molar-refractivity contribution in [2.45, 2.75) is 63.8 Å². The molecule has 1 saturated carbocycles. The second-order valence-electron chi connectivity index (χ2n) is 6.45. The van der Waals surface area contributed by atoms with E-state index >= 15 is 0 Å². The van der Waals surface area contributed by atoms with Gasteiger partial charge in [0.2, 0.25) is 5.89 Å². The second kappa shape index (κ2) is 7.62. The first kappa shape index (κ1) is 16.0. The van der Waals surface area contributed by atoms with Crippen LogP contribution in [0.5, 0.6) is 0 Å². The maximum atomic E-state index is 12.3. The number of urea groups is 1. The number of carbonyl (C=O) groups excluding carboxylic acids is 1. The SMILES string of the molecule is CCCC[C@@H]1C=CCN1C(=O)NCCc1noc(C2CCC2)n1. The van der Waals surface area contributed by atoms with Gasteiger partial charge in [0.05, 0.1) is 6.04 Å². The van der Waals surface area contributed by atoms with E-state index in [2.05, 4.69) is 34.5 Å². The molecule has 1 aliphatic heterocycles. The van der Waals surface area contributed by atoms with Gasteiger partial charge in [-0.25, -0.2) is 4.79 Å². The van der Waals surface area contributed by atoms with E-state index in [1.54, 1.807) is 0 Å². The number of carbonyl (C=O) groups is 1. The molecule has 0 unspecified atom stereocenters. The van der Waals surface area contributed by atoms with E-state index in [9.17, 15) is 4.79 Å². The van der Waals surface area contributed by atoms with Crippen molar-refractivity contribution in [2.75, 3.05) is 13.1 Å². The Morgan fingerprint density at radius 3 is 3.09 bits per heavy atom. The van der Waals surface area contributed by atoms with Crippen LogP contribution in [0.3, 0.4) is 0 Å². The van der Waals surface area contributed by atoms with Crippen LogP contribution >= 0.6 is 0 Å². The zero-order valence-corrected chi connectivity index (χ0v) is 13.8. The molecule has 1 atom stereocenters. The Bertz CT molecular complexity index is 551. The van der Waals surface area contributed by atoms with E-state index in [1.165, 1.54) is 6.42 Å². The van der Waals surface area contributed by atoms with Gasteiger partial charge in [0.1, 0.15) is 0 Å². The number of hydrogen-bond acceptors (Lipinski definition) is 4. The minimum atomic E-state index is -0.00110. The molecular formula is C17H26N4O2. The molecule has 2 heterocycles. The zero-order chi connectivity index (χ0) is 16.1. The Labute approximate surface area is 137 Å². The smallest absolute Gasteiger partial charge is 0.318 e. The summed E-state index contributed by atoms with van der Waals surface area (Å²) in [5, 5.41) is 6.98. The summed E-state index contributed by atoms with van der Waals surface area (Å²) >= 11 is 0. The lowest BCUT2D eigenvalue weighted by atomic mass is 9.85. The molecule has 1 N–H and O–H groups in total. The first-order valence-corrected chi connectivity index (χ1v) is 8.81. The molecule has 6 heteroatoms. The summed E-state index contributed by atoms with van der Waals surface area (Å²) in [4.78, 5) is 18.6. The topological polar surface area (TPSA) is 71.3 Å². The molecule has 1 fully saturated rings. The van der Waals surface area contributed by atoms with Crippen molar-refractivity contribution in [3.05, 3.63) is 23.9 Å². The van der Waals surface area contributed by atoms with Gasteiger partial charge in [0.15, 0.2) is 5.82 Å². The van der Waals surface area contributed by atoms with Crippen molar-refractivity contribution < 1.29 is 9.32 Å². The van der Waals surface area contributed by atoms with E-state index in [-0.39, 0.29) is 12.1 Å². The van der Waals surface area contributed by atoms with Crippen molar-refractivity contribution >= 4 is 6.03 Å². The van der Waals surface area contributed by atoms with Gasteiger partial charge in [0.25, 0.3) is 0 Å². The lowest BCUT2D eigenvalue weighted by Gasteiger charge is -2.24. The van der Waals surface area contributed by atoms with Gasteiger partial charge in [-0.3, -0.25) is 0 Å². The highest BCUT2D eigenvalue weighted by Crippen LogP contribution is 2.35. The Hall–Kier alpha value is -1.85. The molecule has 0 bridgehead atoms. The predicted molar refractivity (Wildman–Crippen MR) is 87.2 cm³/mol. The number of nitrogens with one attached hydrogen (secondary N) is 1. The van der Waals surface area contributed by atoms with Crippen molar-refractivity contribution in [1.29, 1.82) is 0 Å². The molecule has 3 rings (SSSR count). The number of nitrogens with zero attached hydrogens (tertiary/aromatic N) is 3. The fourth-order valence-corrected chi connectivity index (χ4v) is 3.04. The number of unbranched alkanes of at least 4 members (excludes halogenated alkanes) is 1. The molecule has 0 saturated heterocycles. The molecule has 2 amide bonds. The largest absolute Gasteiger partial charge is 0.339 e. The van der Waals surface area contributed by atoms with E-state index in [1.807, 2.05) is 4.90 Å². The summed E-state index contributed by atoms with van der Waals surface area (Å²) in [6.45, 7) is 3.42. The minimum Gasteiger partial charge on any atom is -0.339 e. The highest BCUT2D eigenvalue weighted by molar-refractivity contribution is 5.75. The summed E-state index contributed by atoms with van der Waals surface area (Å²) in [5.74, 6) is 1.91. The van der Waals surface area contributed by atoms with Crippen LogP contribution < -0.4 is 5.32 Å². The van der Waals surface area contributed by atoms with Crippen LogP contribution in [0, 0.1) is 0 Å². The van der Waals surface area contributed by atoms with Gasteiger partial charge in [-0.05, 0) is 19.3 Å². The van der Waals surface area contributed by atoms with Crippen LogP contribution in [0.15, 0.2) is 16.7 Å². The van der Waals surface area contributed by atoms with Crippen molar-refractivity contribution in [3.8, 4) is 0 Å².